The molecule has 4 N–H and O–H groups in total. The highest BCUT2D eigenvalue weighted by Crippen LogP contribution is 2.23. The van der Waals surface area contributed by atoms with Crippen LogP contribution in [0.15, 0.2) is 0 Å². The van der Waals surface area contributed by atoms with Gasteiger partial charge in [-0.3, -0.25) is 19.2 Å². The minimum Gasteiger partial charge on any atom is -0.481 e. The molecule has 8 heteroatoms. The summed E-state index contributed by atoms with van der Waals surface area (Å²) in [5.41, 5.74) is 0. The molecule has 0 bridgehead atoms. The predicted molar refractivity (Wildman–Crippen MR) is 46.7 cm³/mol. The molecule has 8 nitrogen and oxygen atoms in total. The van der Waals surface area contributed by atoms with E-state index < -0.39 is 41.6 Å². The highest BCUT2D eigenvalue weighted by Gasteiger charge is 2.45. The molecule has 0 spiro atoms. The fourth-order valence-corrected chi connectivity index (χ4v) is 1.21. The second-order valence-corrected chi connectivity index (χ2v) is 3.15. The summed E-state index contributed by atoms with van der Waals surface area (Å²) in [7, 11) is 0. The molecule has 0 fully saturated rings. The molecule has 0 saturated heterocycles. The normalized spacial score (nSPS) is 14.1. The van der Waals surface area contributed by atoms with Gasteiger partial charge < -0.3 is 20.4 Å². The van der Waals surface area contributed by atoms with Gasteiger partial charge in [0.05, 0.1) is 11.8 Å². The Balaban J connectivity index is 5.32. The Labute approximate surface area is 89.1 Å². The van der Waals surface area contributed by atoms with Gasteiger partial charge in [-0.1, -0.05) is 6.92 Å². The fraction of sp³-hybridized carbons (Fsp3) is 0.500. The Morgan fingerprint density at radius 1 is 0.750 bits per heavy atom. The Kier molecular flexibility index (Phi) is 4.42. The number of rotatable bonds is 6. The minimum absolute atomic E-state index is 0.944. The largest absolute Gasteiger partial charge is 0.481 e. The van der Waals surface area contributed by atoms with Crippen LogP contribution in [0.25, 0.3) is 0 Å². The first kappa shape index (κ1) is 13.9. The summed E-state index contributed by atoms with van der Waals surface area (Å²) in [5, 5.41) is 34.3. The average Bonchev–Trinajstić information content (AvgIpc) is 2.10. The van der Waals surface area contributed by atoms with Crippen LogP contribution in [0, 0.1) is 17.8 Å². The molecule has 0 heterocycles. The van der Waals surface area contributed by atoms with Crippen LogP contribution in [0.5, 0.6) is 0 Å². The van der Waals surface area contributed by atoms with E-state index in [0.717, 1.165) is 6.92 Å². The first-order chi connectivity index (χ1) is 7.20. The standard InChI is InChI=1S/C8H10O8/c1-2(5(9)10)3(6(11)12)4(7(13)14)8(15)16/h2-4H,1H3,(H,9,10)(H,11,12)(H,13,14)(H,15,16). The first-order valence-corrected chi connectivity index (χ1v) is 4.11. The summed E-state index contributed by atoms with van der Waals surface area (Å²) >= 11 is 0. The summed E-state index contributed by atoms with van der Waals surface area (Å²) in [5.74, 6) is -13.0. The smallest absolute Gasteiger partial charge is 0.318 e. The molecule has 0 aromatic heterocycles. The van der Waals surface area contributed by atoms with Crippen LogP contribution >= 0.6 is 0 Å². The lowest BCUT2D eigenvalue weighted by atomic mass is 9.82. The van der Waals surface area contributed by atoms with Gasteiger partial charge in [0.25, 0.3) is 0 Å². The van der Waals surface area contributed by atoms with Crippen LogP contribution in [0.3, 0.4) is 0 Å². The third-order valence-electron chi connectivity index (χ3n) is 2.10. The fourth-order valence-electron chi connectivity index (χ4n) is 1.21. The number of hydrogen-bond donors (Lipinski definition) is 4. The van der Waals surface area contributed by atoms with Gasteiger partial charge >= 0.3 is 23.9 Å². The van der Waals surface area contributed by atoms with Crippen molar-refractivity contribution in [3.63, 3.8) is 0 Å². The van der Waals surface area contributed by atoms with Gasteiger partial charge in [-0.15, -0.1) is 0 Å². The van der Waals surface area contributed by atoms with Crippen molar-refractivity contribution in [2.75, 3.05) is 0 Å². The second kappa shape index (κ2) is 5.10. The lowest BCUT2D eigenvalue weighted by molar-refractivity contribution is -0.168. The van der Waals surface area contributed by atoms with Crippen LogP contribution in [-0.4, -0.2) is 44.3 Å². The second-order valence-electron chi connectivity index (χ2n) is 3.15. The monoisotopic (exact) mass is 234 g/mol. The number of carboxylic acids is 4. The predicted octanol–water partition coefficient (Wildman–Crippen LogP) is -0.807. The van der Waals surface area contributed by atoms with Crippen molar-refractivity contribution in [1.82, 2.24) is 0 Å². The molecule has 0 aromatic rings. The van der Waals surface area contributed by atoms with Gasteiger partial charge in [-0.05, 0) is 0 Å². The maximum absolute atomic E-state index is 10.7. The van der Waals surface area contributed by atoms with Crippen molar-refractivity contribution < 1.29 is 39.6 Å². The van der Waals surface area contributed by atoms with Crippen molar-refractivity contribution in [1.29, 1.82) is 0 Å². The summed E-state index contributed by atoms with van der Waals surface area (Å²) in [6.07, 6.45) is 0. The molecule has 16 heavy (non-hydrogen) atoms. The van der Waals surface area contributed by atoms with E-state index in [1.807, 2.05) is 0 Å². The zero-order valence-electron chi connectivity index (χ0n) is 8.15. The topological polar surface area (TPSA) is 149 Å². The van der Waals surface area contributed by atoms with Gasteiger partial charge in [0, 0.05) is 0 Å². The molecular weight excluding hydrogens is 224 g/mol. The third-order valence-corrected chi connectivity index (χ3v) is 2.10. The lowest BCUT2D eigenvalue weighted by Gasteiger charge is -2.20. The summed E-state index contributed by atoms with van der Waals surface area (Å²) in [6.45, 7) is 0.944. The highest BCUT2D eigenvalue weighted by atomic mass is 16.4. The minimum atomic E-state index is -2.29. The molecule has 0 aliphatic carbocycles. The summed E-state index contributed by atoms with van der Waals surface area (Å²) in [6, 6.07) is 0. The zero-order valence-corrected chi connectivity index (χ0v) is 8.15. The SMILES string of the molecule is CC(C(=O)O)C(C(=O)O)C(C(=O)O)C(=O)O. The van der Waals surface area contributed by atoms with E-state index in [1.165, 1.54) is 0 Å². The molecule has 90 valence electrons. The highest BCUT2D eigenvalue weighted by molar-refractivity contribution is 5.98. The molecule has 2 atom stereocenters. The van der Waals surface area contributed by atoms with Crippen molar-refractivity contribution in [2.45, 2.75) is 6.92 Å². The van der Waals surface area contributed by atoms with E-state index in [4.69, 9.17) is 20.4 Å². The van der Waals surface area contributed by atoms with Crippen molar-refractivity contribution >= 4 is 23.9 Å². The Hall–Kier alpha value is -2.12. The molecule has 0 radical (unpaired) electrons. The molecule has 0 aromatic carbocycles. The van der Waals surface area contributed by atoms with Crippen molar-refractivity contribution in [2.24, 2.45) is 17.8 Å². The van der Waals surface area contributed by atoms with Gasteiger partial charge in [-0.25, -0.2) is 0 Å². The lowest BCUT2D eigenvalue weighted by Crippen LogP contribution is -2.41. The van der Waals surface area contributed by atoms with Crippen LogP contribution in [0.4, 0.5) is 0 Å². The van der Waals surface area contributed by atoms with Crippen LogP contribution in [-0.2, 0) is 19.2 Å². The van der Waals surface area contributed by atoms with E-state index in [9.17, 15) is 19.2 Å². The third kappa shape index (κ3) is 2.94. The number of carboxylic acid groups (broad SMARTS) is 4. The molecule has 0 aliphatic heterocycles. The van der Waals surface area contributed by atoms with Gasteiger partial charge in [-0.2, -0.15) is 0 Å². The average molecular weight is 234 g/mol. The Morgan fingerprint density at radius 3 is 1.31 bits per heavy atom. The number of aliphatic carboxylic acids is 4. The number of carbonyl (C=O) groups is 4. The van der Waals surface area contributed by atoms with Crippen LogP contribution in [0.1, 0.15) is 6.92 Å². The van der Waals surface area contributed by atoms with E-state index >= 15 is 0 Å². The molecule has 0 saturated carbocycles. The molecule has 0 amide bonds. The molecule has 0 aliphatic rings. The van der Waals surface area contributed by atoms with E-state index in [-0.39, 0.29) is 0 Å². The molecular formula is C8H10O8. The van der Waals surface area contributed by atoms with Crippen molar-refractivity contribution in [3.8, 4) is 0 Å². The van der Waals surface area contributed by atoms with Crippen molar-refractivity contribution in [3.05, 3.63) is 0 Å². The van der Waals surface area contributed by atoms with Crippen LogP contribution in [0.2, 0.25) is 0 Å². The van der Waals surface area contributed by atoms with E-state index in [2.05, 4.69) is 0 Å². The van der Waals surface area contributed by atoms with E-state index in [1.54, 1.807) is 0 Å². The Bertz CT molecular complexity index is 319. The summed E-state index contributed by atoms with van der Waals surface area (Å²) < 4.78 is 0. The van der Waals surface area contributed by atoms with Gasteiger partial charge in [0.2, 0.25) is 0 Å². The maximum Gasteiger partial charge on any atom is 0.318 e. The number of hydrogen-bond acceptors (Lipinski definition) is 4. The maximum atomic E-state index is 10.7. The summed E-state index contributed by atoms with van der Waals surface area (Å²) in [4.78, 5) is 42.4. The van der Waals surface area contributed by atoms with Crippen LogP contribution < -0.4 is 0 Å². The Morgan fingerprint density at radius 2 is 1.12 bits per heavy atom. The van der Waals surface area contributed by atoms with E-state index in [0.29, 0.717) is 0 Å². The first-order valence-electron chi connectivity index (χ1n) is 4.11. The van der Waals surface area contributed by atoms with Gasteiger partial charge in [0.1, 0.15) is 0 Å². The molecule has 2 unspecified atom stereocenters. The van der Waals surface area contributed by atoms with Gasteiger partial charge in [0.15, 0.2) is 5.92 Å². The molecule has 0 rings (SSSR count). The zero-order chi connectivity index (χ0) is 13.0. The quantitative estimate of drug-likeness (QED) is 0.436.